The Morgan fingerprint density at radius 2 is 2.04 bits per heavy atom. The average Bonchev–Trinajstić information content (AvgIpc) is 3.37. The van der Waals surface area contributed by atoms with Crippen LogP contribution in [0.3, 0.4) is 0 Å². The van der Waals surface area contributed by atoms with Gasteiger partial charge in [0.05, 0.1) is 11.8 Å². The Kier molecular flexibility index (Phi) is 7.28. The van der Waals surface area contributed by atoms with Crippen molar-refractivity contribution in [2.24, 2.45) is 0 Å². The molecule has 0 aliphatic rings. The predicted molar refractivity (Wildman–Crippen MR) is 116 cm³/mol. The van der Waals surface area contributed by atoms with Gasteiger partial charge in [-0.25, -0.2) is 0 Å². The average molecular weight is 415 g/mol. The highest BCUT2D eigenvalue weighted by Gasteiger charge is 2.19. The van der Waals surface area contributed by atoms with Crippen molar-refractivity contribution in [3.63, 3.8) is 0 Å². The molecule has 28 heavy (non-hydrogen) atoms. The van der Waals surface area contributed by atoms with Gasteiger partial charge in [-0.1, -0.05) is 55.4 Å². The molecule has 1 aromatic carbocycles. The zero-order valence-corrected chi connectivity index (χ0v) is 18.1. The summed E-state index contributed by atoms with van der Waals surface area (Å²) in [5.74, 6) is 0.292. The van der Waals surface area contributed by atoms with E-state index in [0.717, 1.165) is 28.4 Å². The van der Waals surface area contributed by atoms with Crippen LogP contribution in [0.2, 0.25) is 0 Å². The van der Waals surface area contributed by atoms with Gasteiger partial charge >= 0.3 is 0 Å². The van der Waals surface area contributed by atoms with Gasteiger partial charge in [-0.3, -0.25) is 4.79 Å². The topological polar surface area (TPSA) is 59.8 Å². The number of hydrogen-bond acceptors (Lipinski definition) is 5. The lowest BCUT2D eigenvalue weighted by molar-refractivity contribution is -0.119. The number of rotatable bonds is 9. The van der Waals surface area contributed by atoms with Crippen LogP contribution in [0.15, 0.2) is 53.3 Å². The molecule has 3 rings (SSSR count). The maximum absolute atomic E-state index is 12.7. The summed E-state index contributed by atoms with van der Waals surface area (Å²) < 4.78 is 1.97. The van der Waals surface area contributed by atoms with E-state index in [2.05, 4.69) is 66.6 Å². The van der Waals surface area contributed by atoms with Gasteiger partial charge in [-0.05, 0) is 42.8 Å². The number of carbonyl (C=O) groups is 1. The van der Waals surface area contributed by atoms with Crippen LogP contribution in [-0.4, -0.2) is 26.4 Å². The number of nitrogens with zero attached hydrogens (tertiary/aromatic N) is 3. The normalized spacial score (nSPS) is 12.3. The second-order valence-corrected chi connectivity index (χ2v) is 8.83. The van der Waals surface area contributed by atoms with Crippen LogP contribution in [0.1, 0.15) is 55.3 Å². The van der Waals surface area contributed by atoms with E-state index in [4.69, 9.17) is 0 Å². The van der Waals surface area contributed by atoms with Crippen molar-refractivity contribution in [3.8, 4) is 0 Å². The number of thiophene rings is 1. The molecule has 0 spiro atoms. The molecule has 1 amide bonds. The Morgan fingerprint density at radius 3 is 2.68 bits per heavy atom. The molecule has 5 nitrogen and oxygen atoms in total. The highest BCUT2D eigenvalue weighted by molar-refractivity contribution is 7.99. The van der Waals surface area contributed by atoms with Crippen LogP contribution in [-0.2, 0) is 11.2 Å². The number of carbonyl (C=O) groups excluding carboxylic acids is 1. The molecule has 0 radical (unpaired) electrons. The van der Waals surface area contributed by atoms with Crippen LogP contribution >= 0.6 is 23.1 Å². The lowest BCUT2D eigenvalue weighted by atomic mass is 10.0. The highest BCUT2D eigenvalue weighted by Crippen LogP contribution is 2.27. The van der Waals surface area contributed by atoms with Crippen LogP contribution in [0, 0.1) is 0 Å². The summed E-state index contributed by atoms with van der Waals surface area (Å²) in [6, 6.07) is 12.8. The van der Waals surface area contributed by atoms with Gasteiger partial charge in [0.1, 0.15) is 6.33 Å². The molecular weight excluding hydrogens is 388 g/mol. The second kappa shape index (κ2) is 9.89. The molecule has 2 aromatic heterocycles. The standard InChI is InChI=1S/C21H26N4OS2/c1-4-6-16-8-10-17(11-9-16)20(18-7-5-12-27-18)23-19(26)13-28-21-24-22-14-25(21)15(2)3/h5,7-12,14-15,20H,4,6,13H2,1-3H3,(H,23,26). The minimum atomic E-state index is -0.133. The van der Waals surface area contributed by atoms with Gasteiger partial charge < -0.3 is 9.88 Å². The van der Waals surface area contributed by atoms with Crippen LogP contribution in [0.5, 0.6) is 0 Å². The fourth-order valence-electron chi connectivity index (χ4n) is 2.96. The molecule has 0 aliphatic carbocycles. The molecule has 0 saturated carbocycles. The number of nitrogens with one attached hydrogen (secondary N) is 1. The molecule has 2 heterocycles. The van der Waals surface area contributed by atoms with E-state index in [9.17, 15) is 4.79 Å². The Bertz CT molecular complexity index is 872. The van der Waals surface area contributed by atoms with Gasteiger partial charge in [-0.2, -0.15) is 0 Å². The number of hydrogen-bond donors (Lipinski definition) is 1. The molecule has 0 fully saturated rings. The van der Waals surface area contributed by atoms with E-state index in [1.165, 1.54) is 17.3 Å². The summed E-state index contributed by atoms with van der Waals surface area (Å²) in [7, 11) is 0. The molecule has 7 heteroatoms. The summed E-state index contributed by atoms with van der Waals surface area (Å²) in [5, 5.41) is 14.1. The first kappa shape index (κ1) is 20.6. The summed E-state index contributed by atoms with van der Waals surface area (Å²) in [6.45, 7) is 6.32. The first-order chi connectivity index (χ1) is 13.6. The smallest absolute Gasteiger partial charge is 0.231 e. The van der Waals surface area contributed by atoms with Crippen molar-refractivity contribution in [1.82, 2.24) is 20.1 Å². The van der Waals surface area contributed by atoms with E-state index in [1.807, 2.05) is 16.0 Å². The molecule has 0 saturated heterocycles. The van der Waals surface area contributed by atoms with E-state index in [1.54, 1.807) is 17.7 Å². The molecule has 3 aromatic rings. The van der Waals surface area contributed by atoms with Gasteiger partial charge in [0.2, 0.25) is 5.91 Å². The van der Waals surface area contributed by atoms with Crippen molar-refractivity contribution in [2.75, 3.05) is 5.75 Å². The molecule has 1 N–H and O–H groups in total. The molecular formula is C21H26N4OS2. The molecule has 0 bridgehead atoms. The van der Waals surface area contributed by atoms with E-state index < -0.39 is 0 Å². The quantitative estimate of drug-likeness (QED) is 0.508. The highest BCUT2D eigenvalue weighted by atomic mass is 32.2. The van der Waals surface area contributed by atoms with Crippen molar-refractivity contribution in [1.29, 1.82) is 0 Å². The lowest BCUT2D eigenvalue weighted by Crippen LogP contribution is -2.30. The number of aryl methyl sites for hydroxylation is 1. The van der Waals surface area contributed by atoms with Crippen LogP contribution in [0.25, 0.3) is 0 Å². The first-order valence-electron chi connectivity index (χ1n) is 9.52. The summed E-state index contributed by atoms with van der Waals surface area (Å²) in [5.41, 5.74) is 2.43. The third kappa shape index (κ3) is 5.23. The summed E-state index contributed by atoms with van der Waals surface area (Å²) in [6.07, 6.45) is 3.91. The Balaban J connectivity index is 1.69. The SMILES string of the molecule is CCCc1ccc(C(NC(=O)CSc2nncn2C(C)C)c2cccs2)cc1. The van der Waals surface area contributed by atoms with E-state index >= 15 is 0 Å². The Labute approximate surface area is 174 Å². The minimum absolute atomic E-state index is 0.0145. The van der Waals surface area contributed by atoms with Gasteiger partial charge in [-0.15, -0.1) is 21.5 Å². The molecule has 1 atom stereocenters. The zero-order valence-electron chi connectivity index (χ0n) is 16.5. The van der Waals surface area contributed by atoms with Crippen molar-refractivity contribution in [2.45, 2.75) is 50.9 Å². The monoisotopic (exact) mass is 414 g/mol. The number of benzene rings is 1. The van der Waals surface area contributed by atoms with Crippen molar-refractivity contribution < 1.29 is 4.79 Å². The summed E-state index contributed by atoms with van der Waals surface area (Å²) in [4.78, 5) is 13.8. The molecule has 1 unspecified atom stereocenters. The minimum Gasteiger partial charge on any atom is -0.344 e. The Hall–Kier alpha value is -2.12. The first-order valence-corrected chi connectivity index (χ1v) is 11.4. The number of amides is 1. The third-order valence-corrected chi connectivity index (χ3v) is 6.31. The molecule has 0 aliphatic heterocycles. The number of thioether (sulfide) groups is 1. The zero-order chi connectivity index (χ0) is 19.9. The lowest BCUT2D eigenvalue weighted by Gasteiger charge is -2.18. The fraction of sp³-hybridized carbons (Fsp3) is 0.381. The van der Waals surface area contributed by atoms with Gasteiger partial charge in [0, 0.05) is 10.9 Å². The van der Waals surface area contributed by atoms with Crippen LogP contribution in [0.4, 0.5) is 0 Å². The molecule has 148 valence electrons. The maximum atomic E-state index is 12.7. The number of aromatic nitrogens is 3. The van der Waals surface area contributed by atoms with E-state index in [-0.39, 0.29) is 18.0 Å². The third-order valence-electron chi connectivity index (χ3n) is 4.41. The Morgan fingerprint density at radius 1 is 1.25 bits per heavy atom. The maximum Gasteiger partial charge on any atom is 0.231 e. The van der Waals surface area contributed by atoms with Crippen molar-refractivity contribution in [3.05, 3.63) is 64.1 Å². The second-order valence-electron chi connectivity index (χ2n) is 6.91. The predicted octanol–water partition coefficient (Wildman–Crippen LogP) is 4.87. The van der Waals surface area contributed by atoms with E-state index in [0.29, 0.717) is 5.75 Å². The van der Waals surface area contributed by atoms with Crippen LogP contribution < -0.4 is 5.32 Å². The van der Waals surface area contributed by atoms with Crippen molar-refractivity contribution >= 4 is 29.0 Å². The summed E-state index contributed by atoms with van der Waals surface area (Å²) >= 11 is 3.07. The largest absolute Gasteiger partial charge is 0.344 e. The van der Waals surface area contributed by atoms with Gasteiger partial charge in [0.25, 0.3) is 0 Å². The van der Waals surface area contributed by atoms with Gasteiger partial charge in [0.15, 0.2) is 5.16 Å². The fourth-order valence-corrected chi connectivity index (χ4v) is 4.62.